The first-order valence-electron chi connectivity index (χ1n) is 7.44. The van der Waals surface area contributed by atoms with Crippen LogP contribution in [0.3, 0.4) is 0 Å². The lowest BCUT2D eigenvalue weighted by Crippen LogP contribution is -2.37. The van der Waals surface area contributed by atoms with Crippen LogP contribution >= 0.6 is 0 Å². The molecule has 0 radical (unpaired) electrons. The first-order chi connectivity index (χ1) is 9.63. The molecule has 1 aliphatic rings. The molecule has 1 atom stereocenters. The van der Waals surface area contributed by atoms with E-state index >= 15 is 0 Å². The molecule has 1 aromatic rings. The average molecular weight is 272 g/mol. The summed E-state index contributed by atoms with van der Waals surface area (Å²) in [5.41, 5.74) is 3.64. The van der Waals surface area contributed by atoms with Gasteiger partial charge in [0.15, 0.2) is 0 Å². The summed E-state index contributed by atoms with van der Waals surface area (Å²) in [6.45, 7) is 9.10. The minimum Gasteiger partial charge on any atom is -0.491 e. The first-order valence-corrected chi connectivity index (χ1v) is 7.44. The molecule has 108 valence electrons. The van der Waals surface area contributed by atoms with E-state index in [9.17, 15) is 0 Å². The van der Waals surface area contributed by atoms with Crippen molar-refractivity contribution >= 4 is 0 Å². The lowest BCUT2D eigenvalue weighted by Gasteiger charge is -2.26. The molecule has 3 heteroatoms. The van der Waals surface area contributed by atoms with Gasteiger partial charge in [-0.25, -0.2) is 0 Å². The minimum atomic E-state index is 0.224. The van der Waals surface area contributed by atoms with Crippen molar-refractivity contribution in [1.29, 1.82) is 5.26 Å². The number of aryl methyl sites for hydroxylation is 2. The Morgan fingerprint density at radius 1 is 1.20 bits per heavy atom. The van der Waals surface area contributed by atoms with E-state index in [1.165, 1.54) is 29.5 Å². The van der Waals surface area contributed by atoms with Gasteiger partial charge in [0.25, 0.3) is 0 Å². The van der Waals surface area contributed by atoms with Crippen molar-refractivity contribution in [2.24, 2.45) is 0 Å². The molecule has 1 saturated heterocycles. The van der Waals surface area contributed by atoms with Gasteiger partial charge in [-0.05, 0) is 63.4 Å². The van der Waals surface area contributed by atoms with Crippen LogP contribution in [0.1, 0.15) is 36.0 Å². The zero-order valence-electron chi connectivity index (χ0n) is 12.8. The average Bonchev–Trinajstić information content (AvgIpc) is 2.96. The standard InChI is InChI=1S/C17H24N2O/c1-13-6-7-14(2)17(15(13)3)20-12-16(8-9-18)19-10-4-5-11-19/h6-7,16H,4-5,8,10-12H2,1-3H3. The van der Waals surface area contributed by atoms with Gasteiger partial charge < -0.3 is 4.74 Å². The Hall–Kier alpha value is -1.53. The van der Waals surface area contributed by atoms with E-state index in [0.29, 0.717) is 13.0 Å². The van der Waals surface area contributed by atoms with Gasteiger partial charge in [-0.3, -0.25) is 4.90 Å². The molecule has 1 heterocycles. The van der Waals surface area contributed by atoms with Gasteiger partial charge in [0, 0.05) is 0 Å². The highest BCUT2D eigenvalue weighted by atomic mass is 16.5. The van der Waals surface area contributed by atoms with Crippen LogP contribution in [0, 0.1) is 32.1 Å². The second kappa shape index (κ2) is 6.76. The monoisotopic (exact) mass is 272 g/mol. The summed E-state index contributed by atoms with van der Waals surface area (Å²) in [4.78, 5) is 2.39. The van der Waals surface area contributed by atoms with Crippen LogP contribution in [0.25, 0.3) is 0 Å². The predicted octanol–water partition coefficient (Wildman–Crippen LogP) is 3.37. The minimum absolute atomic E-state index is 0.224. The van der Waals surface area contributed by atoms with Gasteiger partial charge in [-0.15, -0.1) is 0 Å². The maximum atomic E-state index is 9.02. The molecule has 0 aliphatic carbocycles. The lowest BCUT2D eigenvalue weighted by atomic mass is 10.1. The highest BCUT2D eigenvalue weighted by molar-refractivity contribution is 5.44. The Morgan fingerprint density at radius 3 is 2.50 bits per heavy atom. The van der Waals surface area contributed by atoms with E-state index in [2.05, 4.69) is 43.9 Å². The summed E-state index contributed by atoms with van der Waals surface area (Å²) in [5, 5.41) is 9.02. The number of benzene rings is 1. The SMILES string of the molecule is Cc1ccc(C)c(OCC(CC#N)N2CCCC2)c1C. The van der Waals surface area contributed by atoms with Crippen LogP contribution in [0.2, 0.25) is 0 Å². The molecule has 0 aromatic heterocycles. The van der Waals surface area contributed by atoms with Gasteiger partial charge in [0.2, 0.25) is 0 Å². The van der Waals surface area contributed by atoms with Gasteiger partial charge in [-0.2, -0.15) is 5.26 Å². The largest absolute Gasteiger partial charge is 0.491 e. The number of nitrogens with zero attached hydrogens (tertiary/aromatic N) is 2. The third kappa shape index (κ3) is 3.32. The Kier molecular flexibility index (Phi) is 5.03. The lowest BCUT2D eigenvalue weighted by molar-refractivity contribution is 0.161. The normalized spacial score (nSPS) is 16.9. The number of hydrogen-bond donors (Lipinski definition) is 0. The Labute approximate surface area is 122 Å². The first kappa shape index (κ1) is 14.9. The Morgan fingerprint density at radius 2 is 1.85 bits per heavy atom. The highest BCUT2D eigenvalue weighted by Crippen LogP contribution is 2.26. The molecule has 0 bridgehead atoms. The van der Waals surface area contributed by atoms with Crippen LogP contribution in [0.4, 0.5) is 0 Å². The van der Waals surface area contributed by atoms with E-state index in [1.807, 2.05) is 0 Å². The third-order valence-electron chi connectivity index (χ3n) is 4.28. The second-order valence-electron chi connectivity index (χ2n) is 5.72. The fraction of sp³-hybridized carbons (Fsp3) is 0.588. The molecular formula is C17H24N2O. The van der Waals surface area contributed by atoms with Crippen molar-refractivity contribution in [1.82, 2.24) is 4.90 Å². The molecule has 1 aromatic carbocycles. The smallest absolute Gasteiger partial charge is 0.125 e. The van der Waals surface area contributed by atoms with Crippen molar-refractivity contribution in [3.05, 3.63) is 28.8 Å². The summed E-state index contributed by atoms with van der Waals surface area (Å²) in [5.74, 6) is 0.993. The van der Waals surface area contributed by atoms with Crippen LogP contribution in [-0.2, 0) is 0 Å². The zero-order valence-corrected chi connectivity index (χ0v) is 12.8. The third-order valence-corrected chi connectivity index (χ3v) is 4.28. The quantitative estimate of drug-likeness (QED) is 0.824. The van der Waals surface area contributed by atoms with Crippen LogP contribution in [0.5, 0.6) is 5.75 Å². The molecule has 0 N–H and O–H groups in total. The molecule has 3 nitrogen and oxygen atoms in total. The number of rotatable bonds is 5. The molecule has 0 saturated carbocycles. The van der Waals surface area contributed by atoms with Gasteiger partial charge in [-0.1, -0.05) is 12.1 Å². The number of ether oxygens (including phenoxy) is 1. The molecule has 0 spiro atoms. The van der Waals surface area contributed by atoms with Crippen LogP contribution < -0.4 is 4.74 Å². The van der Waals surface area contributed by atoms with Crippen LogP contribution in [0.15, 0.2) is 12.1 Å². The zero-order chi connectivity index (χ0) is 14.5. The Balaban J connectivity index is 2.06. The van der Waals surface area contributed by atoms with Crippen molar-refractivity contribution in [3.63, 3.8) is 0 Å². The fourth-order valence-electron chi connectivity index (χ4n) is 2.83. The maximum Gasteiger partial charge on any atom is 0.125 e. The summed E-state index contributed by atoms with van der Waals surface area (Å²) in [7, 11) is 0. The van der Waals surface area contributed by atoms with Gasteiger partial charge in [0.05, 0.1) is 18.5 Å². The molecule has 1 aliphatic heterocycles. The van der Waals surface area contributed by atoms with Crippen molar-refractivity contribution in [2.75, 3.05) is 19.7 Å². The number of hydrogen-bond acceptors (Lipinski definition) is 3. The van der Waals surface area contributed by atoms with E-state index in [1.54, 1.807) is 0 Å². The molecule has 2 rings (SSSR count). The second-order valence-corrected chi connectivity index (χ2v) is 5.72. The van der Waals surface area contributed by atoms with Gasteiger partial charge in [0.1, 0.15) is 12.4 Å². The predicted molar refractivity (Wildman–Crippen MR) is 81.0 cm³/mol. The summed E-state index contributed by atoms with van der Waals surface area (Å²) in [6, 6.07) is 6.76. The maximum absolute atomic E-state index is 9.02. The van der Waals surface area contributed by atoms with E-state index in [-0.39, 0.29) is 6.04 Å². The molecule has 0 amide bonds. The van der Waals surface area contributed by atoms with Crippen LogP contribution in [-0.4, -0.2) is 30.6 Å². The van der Waals surface area contributed by atoms with Crippen molar-refractivity contribution in [3.8, 4) is 11.8 Å². The summed E-state index contributed by atoms with van der Waals surface area (Å²) < 4.78 is 6.08. The number of likely N-dealkylation sites (tertiary alicyclic amines) is 1. The fourth-order valence-corrected chi connectivity index (χ4v) is 2.83. The van der Waals surface area contributed by atoms with Gasteiger partial charge >= 0.3 is 0 Å². The van der Waals surface area contributed by atoms with E-state index < -0.39 is 0 Å². The van der Waals surface area contributed by atoms with E-state index in [0.717, 1.165) is 18.8 Å². The molecule has 1 fully saturated rings. The number of nitriles is 1. The van der Waals surface area contributed by atoms with E-state index in [4.69, 9.17) is 10.00 Å². The summed E-state index contributed by atoms with van der Waals surface area (Å²) >= 11 is 0. The molecular weight excluding hydrogens is 248 g/mol. The highest BCUT2D eigenvalue weighted by Gasteiger charge is 2.22. The molecule has 20 heavy (non-hydrogen) atoms. The summed E-state index contributed by atoms with van der Waals surface area (Å²) in [6.07, 6.45) is 3.03. The Bertz CT molecular complexity index is 498. The van der Waals surface area contributed by atoms with Crippen molar-refractivity contribution in [2.45, 2.75) is 46.1 Å². The van der Waals surface area contributed by atoms with Crippen molar-refractivity contribution < 1.29 is 4.74 Å². The molecule has 1 unspecified atom stereocenters. The topological polar surface area (TPSA) is 36.3 Å².